The Morgan fingerprint density at radius 3 is 2.64 bits per heavy atom. The minimum Gasteiger partial charge on any atom is -0.496 e. The smallest absolute Gasteiger partial charge is 0.253 e. The fraction of sp³-hybridized carbons (Fsp3) is 0.111. The predicted octanol–water partition coefficient (Wildman–Crippen LogP) is 4.60. The van der Waals surface area contributed by atoms with Gasteiger partial charge in [0.25, 0.3) is 5.24 Å². The van der Waals surface area contributed by atoms with Gasteiger partial charge in [0.1, 0.15) is 5.75 Å². The van der Waals surface area contributed by atoms with Crippen LogP contribution in [0.3, 0.4) is 0 Å². The number of halogens is 1. The first kappa shape index (κ1) is 14.5. The van der Waals surface area contributed by atoms with Gasteiger partial charge in [-0.3, -0.25) is 4.79 Å². The van der Waals surface area contributed by atoms with Crippen LogP contribution in [-0.2, 0) is 0 Å². The van der Waals surface area contributed by atoms with E-state index in [4.69, 9.17) is 21.3 Å². The van der Waals surface area contributed by atoms with E-state index in [0.717, 1.165) is 22.0 Å². The molecule has 0 amide bonds. The maximum Gasteiger partial charge on any atom is 0.253 e. The molecule has 0 saturated heterocycles. The SMILES string of the molecule is COc1ccccc1-c1cc(C(=O)Cl)c2cccc(C)c2n1. The third kappa shape index (κ3) is 2.44. The average Bonchev–Trinajstić information content (AvgIpc) is 2.54. The van der Waals surface area contributed by atoms with Crippen LogP contribution >= 0.6 is 11.6 Å². The summed E-state index contributed by atoms with van der Waals surface area (Å²) in [6.45, 7) is 1.96. The van der Waals surface area contributed by atoms with Crippen molar-refractivity contribution in [2.45, 2.75) is 6.92 Å². The Morgan fingerprint density at radius 2 is 1.91 bits per heavy atom. The van der Waals surface area contributed by atoms with Gasteiger partial charge in [0, 0.05) is 16.5 Å². The zero-order valence-electron chi connectivity index (χ0n) is 12.3. The molecule has 3 rings (SSSR count). The molecule has 1 heterocycles. The lowest BCUT2D eigenvalue weighted by atomic mass is 10.0. The van der Waals surface area contributed by atoms with Gasteiger partial charge in [-0.1, -0.05) is 30.3 Å². The normalized spacial score (nSPS) is 10.7. The average molecular weight is 312 g/mol. The van der Waals surface area contributed by atoms with Gasteiger partial charge in [0.05, 0.1) is 18.3 Å². The van der Waals surface area contributed by atoms with Crippen molar-refractivity contribution in [1.29, 1.82) is 0 Å². The highest BCUT2D eigenvalue weighted by Crippen LogP contribution is 2.32. The molecule has 3 nitrogen and oxygen atoms in total. The number of carbonyl (C=O) groups excluding carboxylic acids is 1. The fourth-order valence-electron chi connectivity index (χ4n) is 2.55. The van der Waals surface area contributed by atoms with Crippen LogP contribution in [0.25, 0.3) is 22.2 Å². The minimum absolute atomic E-state index is 0.455. The molecule has 0 aliphatic rings. The monoisotopic (exact) mass is 311 g/mol. The second-order valence-corrected chi connectivity index (χ2v) is 5.34. The first-order valence-electron chi connectivity index (χ1n) is 6.85. The molecule has 0 N–H and O–H groups in total. The van der Waals surface area contributed by atoms with E-state index in [0.29, 0.717) is 17.0 Å². The van der Waals surface area contributed by atoms with Gasteiger partial charge in [-0.15, -0.1) is 0 Å². The van der Waals surface area contributed by atoms with E-state index in [2.05, 4.69) is 0 Å². The summed E-state index contributed by atoms with van der Waals surface area (Å²) < 4.78 is 5.38. The Hall–Kier alpha value is -2.39. The molecule has 1 aromatic heterocycles. The molecule has 0 saturated carbocycles. The van der Waals surface area contributed by atoms with Crippen molar-refractivity contribution in [3.05, 3.63) is 59.7 Å². The first-order valence-corrected chi connectivity index (χ1v) is 7.23. The van der Waals surface area contributed by atoms with Gasteiger partial charge in [0.2, 0.25) is 0 Å². The van der Waals surface area contributed by atoms with E-state index < -0.39 is 5.24 Å². The molecule has 4 heteroatoms. The van der Waals surface area contributed by atoms with Crippen molar-refractivity contribution >= 4 is 27.7 Å². The van der Waals surface area contributed by atoms with Gasteiger partial charge in [-0.2, -0.15) is 0 Å². The largest absolute Gasteiger partial charge is 0.496 e. The maximum atomic E-state index is 11.8. The van der Waals surface area contributed by atoms with Crippen molar-refractivity contribution in [3.8, 4) is 17.0 Å². The van der Waals surface area contributed by atoms with Gasteiger partial charge < -0.3 is 4.74 Å². The topological polar surface area (TPSA) is 39.2 Å². The molecule has 3 aromatic rings. The van der Waals surface area contributed by atoms with Crippen LogP contribution in [0.15, 0.2) is 48.5 Å². The molecular formula is C18H14ClNO2. The molecule has 0 atom stereocenters. The zero-order chi connectivity index (χ0) is 15.7. The second-order valence-electron chi connectivity index (χ2n) is 5.00. The summed E-state index contributed by atoms with van der Waals surface area (Å²) in [6.07, 6.45) is 0. The van der Waals surface area contributed by atoms with Gasteiger partial charge >= 0.3 is 0 Å². The number of nitrogens with zero attached hydrogens (tertiary/aromatic N) is 1. The molecule has 0 radical (unpaired) electrons. The standard InChI is InChI=1S/C18H14ClNO2/c1-11-6-5-8-12-14(18(19)21)10-15(20-17(11)12)13-7-3-4-9-16(13)22-2/h3-10H,1-2H3. The molecule has 0 spiro atoms. The highest BCUT2D eigenvalue weighted by atomic mass is 35.5. The Bertz CT molecular complexity index is 874. The van der Waals surface area contributed by atoms with E-state index in [-0.39, 0.29) is 0 Å². The number of fused-ring (bicyclic) bond motifs is 1. The third-order valence-corrected chi connectivity index (χ3v) is 3.84. The maximum absolute atomic E-state index is 11.8. The first-order chi connectivity index (χ1) is 10.6. The summed E-state index contributed by atoms with van der Waals surface area (Å²) in [5, 5.41) is 0.271. The summed E-state index contributed by atoms with van der Waals surface area (Å²) in [4.78, 5) is 16.5. The molecular weight excluding hydrogens is 298 g/mol. The number of hydrogen-bond donors (Lipinski definition) is 0. The molecule has 0 aliphatic heterocycles. The van der Waals surface area contributed by atoms with E-state index in [1.165, 1.54) is 0 Å². The van der Waals surface area contributed by atoms with Crippen molar-refractivity contribution in [3.63, 3.8) is 0 Å². The van der Waals surface area contributed by atoms with Gasteiger partial charge in [0.15, 0.2) is 0 Å². The number of benzene rings is 2. The van der Waals surface area contributed by atoms with Gasteiger partial charge in [-0.05, 0) is 42.3 Å². The van der Waals surface area contributed by atoms with Crippen LogP contribution < -0.4 is 4.74 Å². The van der Waals surface area contributed by atoms with Crippen LogP contribution in [0.5, 0.6) is 5.75 Å². The van der Waals surface area contributed by atoms with Crippen molar-refractivity contribution in [2.75, 3.05) is 7.11 Å². The molecule has 110 valence electrons. The molecule has 2 aromatic carbocycles. The number of aryl methyl sites for hydroxylation is 1. The fourth-order valence-corrected chi connectivity index (χ4v) is 2.71. The predicted molar refractivity (Wildman–Crippen MR) is 88.7 cm³/mol. The van der Waals surface area contributed by atoms with E-state index in [1.54, 1.807) is 13.2 Å². The van der Waals surface area contributed by atoms with E-state index >= 15 is 0 Å². The molecule has 0 unspecified atom stereocenters. The summed E-state index contributed by atoms with van der Waals surface area (Å²) in [7, 11) is 1.61. The second kappa shape index (κ2) is 5.78. The summed E-state index contributed by atoms with van der Waals surface area (Å²) >= 11 is 5.77. The molecule has 0 aliphatic carbocycles. The highest BCUT2D eigenvalue weighted by Gasteiger charge is 2.15. The Kier molecular flexibility index (Phi) is 3.82. The highest BCUT2D eigenvalue weighted by molar-refractivity contribution is 6.68. The lowest BCUT2D eigenvalue weighted by Crippen LogP contribution is -1.98. The summed E-state index contributed by atoms with van der Waals surface area (Å²) in [6, 6.07) is 15.0. The number of rotatable bonds is 3. The van der Waals surface area contributed by atoms with Crippen LogP contribution in [0, 0.1) is 6.92 Å². The van der Waals surface area contributed by atoms with Crippen LogP contribution in [0.1, 0.15) is 15.9 Å². The van der Waals surface area contributed by atoms with Crippen LogP contribution in [0.4, 0.5) is 0 Å². The molecule has 22 heavy (non-hydrogen) atoms. The zero-order valence-corrected chi connectivity index (χ0v) is 13.0. The molecule has 0 fully saturated rings. The number of para-hydroxylation sites is 2. The number of hydrogen-bond acceptors (Lipinski definition) is 3. The van der Waals surface area contributed by atoms with Crippen molar-refractivity contribution < 1.29 is 9.53 Å². The van der Waals surface area contributed by atoms with Gasteiger partial charge in [-0.25, -0.2) is 4.98 Å². The Balaban J connectivity index is 2.36. The summed E-state index contributed by atoms with van der Waals surface area (Å²) in [5.41, 5.74) is 3.72. The lowest BCUT2D eigenvalue weighted by Gasteiger charge is -2.11. The van der Waals surface area contributed by atoms with E-state index in [9.17, 15) is 4.79 Å². The van der Waals surface area contributed by atoms with E-state index in [1.807, 2.05) is 49.4 Å². The van der Waals surface area contributed by atoms with Crippen molar-refractivity contribution in [2.24, 2.45) is 0 Å². The number of aromatic nitrogens is 1. The quantitative estimate of drug-likeness (QED) is 0.664. The number of ether oxygens (including phenoxy) is 1. The Morgan fingerprint density at radius 1 is 1.14 bits per heavy atom. The minimum atomic E-state index is -0.492. The summed E-state index contributed by atoms with van der Waals surface area (Å²) in [5.74, 6) is 0.705. The van der Waals surface area contributed by atoms with Crippen LogP contribution in [0.2, 0.25) is 0 Å². The third-order valence-electron chi connectivity index (χ3n) is 3.64. The Labute approximate surface area is 133 Å². The molecule has 0 bridgehead atoms. The van der Waals surface area contributed by atoms with Crippen LogP contribution in [-0.4, -0.2) is 17.3 Å². The number of carbonyl (C=O) groups is 1. The lowest BCUT2D eigenvalue weighted by molar-refractivity contribution is 0.108. The number of methoxy groups -OCH3 is 1. The number of pyridine rings is 1. The van der Waals surface area contributed by atoms with Crippen molar-refractivity contribution in [1.82, 2.24) is 4.98 Å².